The number of benzene rings is 1. The van der Waals surface area contributed by atoms with E-state index in [0.717, 1.165) is 0 Å². The first-order chi connectivity index (χ1) is 9.01. The summed E-state index contributed by atoms with van der Waals surface area (Å²) >= 11 is 15.2. The Morgan fingerprint density at radius 3 is 2.47 bits per heavy atom. The van der Waals surface area contributed by atoms with E-state index in [1.54, 1.807) is 13.2 Å². The Morgan fingerprint density at radius 1 is 1.26 bits per heavy atom. The van der Waals surface area contributed by atoms with E-state index in [1.807, 2.05) is 0 Å². The molecule has 0 atom stereocenters. The zero-order valence-corrected chi connectivity index (χ0v) is 12.7. The lowest BCUT2D eigenvalue weighted by Crippen LogP contribution is -2.02. The van der Waals surface area contributed by atoms with Gasteiger partial charge in [0, 0.05) is 13.2 Å². The van der Waals surface area contributed by atoms with Crippen LogP contribution >= 0.6 is 39.1 Å². The monoisotopic (exact) mass is 364 g/mol. The van der Waals surface area contributed by atoms with Crippen molar-refractivity contribution in [1.82, 2.24) is 9.97 Å². The molecule has 0 saturated carbocycles. The van der Waals surface area contributed by atoms with Crippen molar-refractivity contribution < 1.29 is 4.39 Å². The third-order valence-electron chi connectivity index (χ3n) is 2.22. The van der Waals surface area contributed by atoms with Gasteiger partial charge in [-0.25, -0.2) is 9.37 Å². The van der Waals surface area contributed by atoms with Crippen LogP contribution in [-0.4, -0.2) is 17.0 Å². The van der Waals surface area contributed by atoms with Crippen LogP contribution in [0.4, 0.5) is 21.8 Å². The second-order valence-electron chi connectivity index (χ2n) is 3.51. The molecule has 8 heteroatoms. The maximum Gasteiger partial charge on any atom is 0.224 e. The molecule has 0 fully saturated rings. The molecule has 0 aliphatic carbocycles. The summed E-state index contributed by atoms with van der Waals surface area (Å²) in [6, 6.07) is 2.34. The van der Waals surface area contributed by atoms with Crippen LogP contribution in [0.25, 0.3) is 0 Å². The molecule has 0 spiro atoms. The van der Waals surface area contributed by atoms with Crippen molar-refractivity contribution in [3.63, 3.8) is 0 Å². The van der Waals surface area contributed by atoms with Crippen LogP contribution in [0.15, 0.2) is 22.8 Å². The van der Waals surface area contributed by atoms with Gasteiger partial charge in [0.25, 0.3) is 0 Å². The van der Waals surface area contributed by atoms with E-state index in [9.17, 15) is 4.39 Å². The van der Waals surface area contributed by atoms with E-state index in [4.69, 9.17) is 23.2 Å². The van der Waals surface area contributed by atoms with Crippen LogP contribution in [-0.2, 0) is 0 Å². The highest BCUT2D eigenvalue weighted by Gasteiger charge is 2.12. The van der Waals surface area contributed by atoms with Crippen molar-refractivity contribution >= 4 is 56.6 Å². The Kier molecular flexibility index (Phi) is 4.44. The molecule has 19 heavy (non-hydrogen) atoms. The van der Waals surface area contributed by atoms with Gasteiger partial charge in [-0.3, -0.25) is 0 Å². The van der Waals surface area contributed by atoms with Crippen molar-refractivity contribution in [2.75, 3.05) is 17.7 Å². The Hall–Kier alpha value is -1.11. The molecule has 0 aliphatic heterocycles. The SMILES string of the molecule is CNc1ncc(Br)c(Nc2c(Cl)cc(F)cc2Cl)n1. The highest BCUT2D eigenvalue weighted by molar-refractivity contribution is 9.10. The first-order valence-electron chi connectivity index (χ1n) is 5.13. The molecule has 0 bridgehead atoms. The average molecular weight is 366 g/mol. The Bertz CT molecular complexity index is 601. The maximum absolute atomic E-state index is 13.1. The standard InChI is InChI=1S/C11H8BrCl2FN4/c1-16-11-17-4-6(12)10(19-11)18-9-7(13)2-5(15)3-8(9)14/h2-4H,1H3,(H2,16,17,18,19). The van der Waals surface area contributed by atoms with Gasteiger partial charge in [0.15, 0.2) is 0 Å². The van der Waals surface area contributed by atoms with Crippen LogP contribution in [0, 0.1) is 5.82 Å². The van der Waals surface area contributed by atoms with Crippen molar-refractivity contribution in [3.05, 3.63) is 38.7 Å². The Labute approximate surface area is 127 Å². The Balaban J connectivity index is 2.41. The Morgan fingerprint density at radius 2 is 1.89 bits per heavy atom. The lowest BCUT2D eigenvalue weighted by molar-refractivity contribution is 0.628. The van der Waals surface area contributed by atoms with Gasteiger partial charge in [-0.15, -0.1) is 0 Å². The van der Waals surface area contributed by atoms with Crippen LogP contribution in [0.3, 0.4) is 0 Å². The quantitative estimate of drug-likeness (QED) is 0.842. The zero-order chi connectivity index (χ0) is 14.0. The van der Waals surface area contributed by atoms with E-state index in [1.165, 1.54) is 12.1 Å². The second kappa shape index (κ2) is 5.90. The summed E-state index contributed by atoms with van der Waals surface area (Å²) in [6.45, 7) is 0. The van der Waals surface area contributed by atoms with Gasteiger partial charge in [-0.05, 0) is 28.1 Å². The predicted octanol–water partition coefficient (Wildman–Crippen LogP) is 4.47. The molecule has 2 N–H and O–H groups in total. The van der Waals surface area contributed by atoms with Crippen molar-refractivity contribution in [1.29, 1.82) is 0 Å². The van der Waals surface area contributed by atoms with Crippen LogP contribution in [0.2, 0.25) is 10.0 Å². The summed E-state index contributed by atoms with van der Waals surface area (Å²) < 4.78 is 13.7. The minimum atomic E-state index is -0.502. The fourth-order valence-electron chi connectivity index (χ4n) is 1.36. The lowest BCUT2D eigenvalue weighted by Gasteiger charge is -2.12. The number of aromatic nitrogens is 2. The van der Waals surface area contributed by atoms with Crippen molar-refractivity contribution in [2.24, 2.45) is 0 Å². The molecule has 0 unspecified atom stereocenters. The van der Waals surface area contributed by atoms with Crippen LogP contribution in [0.5, 0.6) is 0 Å². The molecule has 1 aromatic heterocycles. The molecule has 1 aromatic carbocycles. The fourth-order valence-corrected chi connectivity index (χ4v) is 2.20. The van der Waals surface area contributed by atoms with Crippen molar-refractivity contribution in [2.45, 2.75) is 0 Å². The van der Waals surface area contributed by atoms with Crippen molar-refractivity contribution in [3.8, 4) is 0 Å². The molecular formula is C11H8BrCl2FN4. The molecule has 0 radical (unpaired) electrons. The molecule has 1 heterocycles. The summed E-state index contributed by atoms with van der Waals surface area (Å²) in [5.41, 5.74) is 0.381. The van der Waals surface area contributed by atoms with Gasteiger partial charge in [0.1, 0.15) is 11.6 Å². The minimum Gasteiger partial charge on any atom is -0.357 e. The number of rotatable bonds is 3. The van der Waals surface area contributed by atoms with E-state index in [2.05, 4.69) is 36.5 Å². The highest BCUT2D eigenvalue weighted by Crippen LogP contribution is 2.35. The third-order valence-corrected chi connectivity index (χ3v) is 3.39. The number of anilines is 3. The van der Waals surface area contributed by atoms with E-state index in [-0.39, 0.29) is 10.0 Å². The first-order valence-corrected chi connectivity index (χ1v) is 6.68. The van der Waals surface area contributed by atoms with Gasteiger partial charge >= 0.3 is 0 Å². The van der Waals surface area contributed by atoms with Gasteiger partial charge < -0.3 is 10.6 Å². The summed E-state index contributed by atoms with van der Waals surface area (Å²) in [4.78, 5) is 8.22. The first kappa shape index (κ1) is 14.3. The van der Waals surface area contributed by atoms with Gasteiger partial charge in [-0.1, -0.05) is 23.2 Å². The summed E-state index contributed by atoms with van der Waals surface area (Å²) in [5.74, 6) is 0.396. The molecule has 2 rings (SSSR count). The highest BCUT2D eigenvalue weighted by atomic mass is 79.9. The molecular weight excluding hydrogens is 358 g/mol. The molecule has 0 saturated heterocycles. The second-order valence-corrected chi connectivity index (χ2v) is 5.18. The number of hydrogen-bond donors (Lipinski definition) is 2. The van der Waals surface area contributed by atoms with E-state index < -0.39 is 5.82 Å². The lowest BCUT2D eigenvalue weighted by atomic mass is 10.3. The van der Waals surface area contributed by atoms with Gasteiger partial charge in [0.05, 0.1) is 20.2 Å². The minimum absolute atomic E-state index is 0.168. The number of halogens is 4. The molecule has 100 valence electrons. The normalized spacial score (nSPS) is 10.4. The fraction of sp³-hybridized carbons (Fsp3) is 0.0909. The van der Waals surface area contributed by atoms with E-state index in [0.29, 0.717) is 21.9 Å². The molecule has 4 nitrogen and oxygen atoms in total. The zero-order valence-electron chi connectivity index (χ0n) is 9.64. The molecule has 0 amide bonds. The summed E-state index contributed by atoms with van der Waals surface area (Å²) in [5, 5.41) is 6.09. The van der Waals surface area contributed by atoms with Crippen LogP contribution in [0.1, 0.15) is 0 Å². The number of hydrogen-bond acceptors (Lipinski definition) is 4. The topological polar surface area (TPSA) is 49.8 Å². The largest absolute Gasteiger partial charge is 0.357 e. The van der Waals surface area contributed by atoms with Crippen LogP contribution < -0.4 is 10.6 Å². The molecule has 2 aromatic rings. The van der Waals surface area contributed by atoms with E-state index >= 15 is 0 Å². The predicted molar refractivity (Wildman–Crippen MR) is 79.0 cm³/mol. The average Bonchev–Trinajstić information content (AvgIpc) is 2.35. The number of nitrogens with zero attached hydrogens (tertiary/aromatic N) is 2. The number of nitrogens with one attached hydrogen (secondary N) is 2. The smallest absolute Gasteiger partial charge is 0.224 e. The van der Waals surface area contributed by atoms with Gasteiger partial charge in [0.2, 0.25) is 5.95 Å². The summed E-state index contributed by atoms with van der Waals surface area (Å²) in [6.07, 6.45) is 1.58. The summed E-state index contributed by atoms with van der Waals surface area (Å²) in [7, 11) is 1.70. The van der Waals surface area contributed by atoms with Gasteiger partial charge in [-0.2, -0.15) is 4.98 Å². The third kappa shape index (κ3) is 3.26. The maximum atomic E-state index is 13.1. The molecule has 0 aliphatic rings.